The average Bonchev–Trinajstić information content (AvgIpc) is 3.46. The predicted octanol–water partition coefficient (Wildman–Crippen LogP) is 3.44. The van der Waals surface area contributed by atoms with Gasteiger partial charge in [-0.05, 0) is 37.8 Å². The molecule has 2 aromatic heterocycles. The third-order valence-electron chi connectivity index (χ3n) is 5.37. The third-order valence-corrected chi connectivity index (χ3v) is 6.55. The number of carbonyl (C=O) groups excluding carboxylic acids is 2. The molecule has 158 valence electrons. The molecule has 0 radical (unpaired) electrons. The van der Waals surface area contributed by atoms with Crippen LogP contribution in [0.1, 0.15) is 40.7 Å². The Kier molecular flexibility index (Phi) is 6.15. The minimum atomic E-state index is -0.156. The predicted molar refractivity (Wildman–Crippen MR) is 118 cm³/mol. The molecule has 0 saturated carbocycles. The molecule has 2 amide bonds. The molecule has 7 nitrogen and oxygen atoms in total. The second kappa shape index (κ2) is 8.97. The van der Waals surface area contributed by atoms with Crippen LogP contribution in [0.2, 0.25) is 0 Å². The molecule has 8 heteroatoms. The Balaban J connectivity index is 1.40. The Morgan fingerprint density at radius 2 is 2.20 bits per heavy atom. The maximum absolute atomic E-state index is 12.7. The smallest absolute Gasteiger partial charge is 0.263 e. The van der Waals surface area contributed by atoms with Crippen molar-refractivity contribution < 1.29 is 14.3 Å². The Labute approximate surface area is 179 Å². The number of anilines is 1. The van der Waals surface area contributed by atoms with Gasteiger partial charge in [-0.25, -0.2) is 4.98 Å². The first kappa shape index (κ1) is 20.6. The number of benzene rings is 1. The van der Waals surface area contributed by atoms with E-state index in [9.17, 15) is 9.59 Å². The number of aromatic nitrogens is 2. The average molecular weight is 427 g/mol. The van der Waals surface area contributed by atoms with E-state index in [0.717, 1.165) is 31.4 Å². The molecule has 0 aliphatic carbocycles. The van der Waals surface area contributed by atoms with Gasteiger partial charge in [-0.2, -0.15) is 0 Å². The van der Waals surface area contributed by atoms with Crippen LogP contribution in [0.25, 0.3) is 10.9 Å². The quantitative estimate of drug-likeness (QED) is 0.606. The number of thiazole rings is 1. The molecule has 4 rings (SSSR count). The molecule has 3 heterocycles. The number of para-hydroxylation sites is 1. The van der Waals surface area contributed by atoms with Crippen molar-refractivity contribution in [3.8, 4) is 0 Å². The number of fused-ring (bicyclic) bond motifs is 1. The molecule has 1 aliphatic rings. The second-order valence-electron chi connectivity index (χ2n) is 7.54. The fourth-order valence-corrected chi connectivity index (χ4v) is 4.81. The summed E-state index contributed by atoms with van der Waals surface area (Å²) in [5.41, 5.74) is 2.91. The molecule has 3 aromatic rings. The maximum atomic E-state index is 12.7. The lowest BCUT2D eigenvalue weighted by molar-refractivity contribution is -0.116. The van der Waals surface area contributed by atoms with Crippen LogP contribution < -0.4 is 10.2 Å². The van der Waals surface area contributed by atoms with Gasteiger partial charge in [0, 0.05) is 37.2 Å². The fourth-order valence-electron chi connectivity index (χ4n) is 3.77. The van der Waals surface area contributed by atoms with Gasteiger partial charge in [-0.1, -0.05) is 29.5 Å². The lowest BCUT2D eigenvalue weighted by Crippen LogP contribution is -2.35. The zero-order valence-electron chi connectivity index (χ0n) is 17.2. The van der Waals surface area contributed by atoms with Crippen LogP contribution in [0.15, 0.2) is 30.5 Å². The highest BCUT2D eigenvalue weighted by atomic mass is 32.1. The van der Waals surface area contributed by atoms with Crippen LogP contribution in [0, 0.1) is 6.92 Å². The largest absolute Gasteiger partial charge is 0.376 e. The minimum Gasteiger partial charge on any atom is -0.376 e. The number of hydrogen-bond donors (Lipinski definition) is 2. The fraction of sp³-hybridized carbons (Fsp3) is 0.409. The maximum Gasteiger partial charge on any atom is 0.263 e. The van der Waals surface area contributed by atoms with Gasteiger partial charge >= 0.3 is 0 Å². The van der Waals surface area contributed by atoms with E-state index in [4.69, 9.17) is 4.74 Å². The number of nitrogens with zero attached hydrogens (tertiary/aromatic N) is 2. The summed E-state index contributed by atoms with van der Waals surface area (Å²) in [7, 11) is 0. The van der Waals surface area contributed by atoms with E-state index in [2.05, 4.69) is 21.4 Å². The number of nitrogens with one attached hydrogen (secondary N) is 2. The molecule has 1 saturated heterocycles. The first-order chi connectivity index (χ1) is 14.5. The van der Waals surface area contributed by atoms with Gasteiger partial charge < -0.3 is 15.0 Å². The van der Waals surface area contributed by atoms with Gasteiger partial charge in [0.05, 0.1) is 18.3 Å². The summed E-state index contributed by atoms with van der Waals surface area (Å²) in [5, 5.41) is 4.72. The SMILES string of the molecule is CC(=O)N(C[C@@H]1CCCO1)c1nc(C)c(C(=O)NCCc2c[nH]c3ccccc23)s1. The zero-order valence-corrected chi connectivity index (χ0v) is 18.1. The van der Waals surface area contributed by atoms with Crippen LogP contribution in [0.4, 0.5) is 5.13 Å². The Morgan fingerprint density at radius 3 is 2.97 bits per heavy atom. The number of rotatable bonds is 7. The number of amides is 2. The van der Waals surface area contributed by atoms with E-state index in [1.165, 1.54) is 29.2 Å². The van der Waals surface area contributed by atoms with Crippen molar-refractivity contribution in [1.82, 2.24) is 15.3 Å². The molecular formula is C22H26N4O3S. The van der Waals surface area contributed by atoms with Gasteiger partial charge in [-0.15, -0.1) is 0 Å². The van der Waals surface area contributed by atoms with Gasteiger partial charge in [0.1, 0.15) is 4.88 Å². The van der Waals surface area contributed by atoms with Gasteiger partial charge in [0.2, 0.25) is 5.91 Å². The van der Waals surface area contributed by atoms with Gasteiger partial charge in [0.15, 0.2) is 5.13 Å². The first-order valence-electron chi connectivity index (χ1n) is 10.2. The van der Waals surface area contributed by atoms with Crippen molar-refractivity contribution in [2.45, 2.75) is 39.2 Å². The molecule has 2 N–H and O–H groups in total. The second-order valence-corrected chi connectivity index (χ2v) is 8.52. The monoisotopic (exact) mass is 426 g/mol. The number of ether oxygens (including phenoxy) is 1. The normalized spacial score (nSPS) is 16.1. The molecule has 0 spiro atoms. The van der Waals surface area contributed by atoms with Crippen LogP contribution in [0.3, 0.4) is 0 Å². The molecule has 1 atom stereocenters. The zero-order chi connectivity index (χ0) is 21.1. The summed E-state index contributed by atoms with van der Waals surface area (Å²) in [6.07, 6.45) is 4.71. The standard InChI is InChI=1S/C22H26N4O3S/c1-14-20(30-22(25-14)26(15(2)27)13-17-6-5-11-29-17)21(28)23-10-9-16-12-24-19-8-4-3-7-18(16)19/h3-4,7-8,12,17,24H,5-6,9-11,13H2,1-2H3,(H,23,28)/t17-/m0/s1. The Hall–Kier alpha value is -2.71. The van der Waals surface area contributed by atoms with E-state index in [-0.39, 0.29) is 17.9 Å². The van der Waals surface area contributed by atoms with Crippen molar-refractivity contribution in [3.63, 3.8) is 0 Å². The van der Waals surface area contributed by atoms with Crippen molar-refractivity contribution in [1.29, 1.82) is 0 Å². The number of H-pyrrole nitrogens is 1. The molecule has 1 aliphatic heterocycles. The van der Waals surface area contributed by atoms with Gasteiger partial charge in [-0.3, -0.25) is 14.5 Å². The lowest BCUT2D eigenvalue weighted by atomic mass is 10.1. The minimum absolute atomic E-state index is 0.0338. The highest BCUT2D eigenvalue weighted by Gasteiger charge is 2.26. The van der Waals surface area contributed by atoms with Crippen molar-refractivity contribution >= 4 is 39.2 Å². The lowest BCUT2D eigenvalue weighted by Gasteiger charge is -2.21. The third kappa shape index (κ3) is 4.39. The Bertz CT molecular complexity index is 1050. The van der Waals surface area contributed by atoms with E-state index in [1.54, 1.807) is 11.8 Å². The molecule has 1 aromatic carbocycles. The number of carbonyl (C=O) groups is 2. The summed E-state index contributed by atoms with van der Waals surface area (Å²) < 4.78 is 5.66. The van der Waals surface area contributed by atoms with E-state index >= 15 is 0 Å². The highest BCUT2D eigenvalue weighted by molar-refractivity contribution is 7.17. The highest BCUT2D eigenvalue weighted by Crippen LogP contribution is 2.28. The van der Waals surface area contributed by atoms with E-state index < -0.39 is 0 Å². The molecule has 30 heavy (non-hydrogen) atoms. The summed E-state index contributed by atoms with van der Waals surface area (Å²) in [5.74, 6) is -0.248. The molecule has 0 bridgehead atoms. The molecular weight excluding hydrogens is 400 g/mol. The summed E-state index contributed by atoms with van der Waals surface area (Å²) >= 11 is 1.26. The topological polar surface area (TPSA) is 87.3 Å². The van der Waals surface area contributed by atoms with Crippen molar-refractivity contribution in [3.05, 3.63) is 46.6 Å². The van der Waals surface area contributed by atoms with Crippen LogP contribution in [0.5, 0.6) is 0 Å². The number of hydrogen-bond acceptors (Lipinski definition) is 5. The molecule has 1 fully saturated rings. The Morgan fingerprint density at radius 1 is 1.37 bits per heavy atom. The van der Waals surface area contributed by atoms with Gasteiger partial charge in [0.25, 0.3) is 5.91 Å². The van der Waals surface area contributed by atoms with E-state index in [0.29, 0.717) is 28.8 Å². The van der Waals surface area contributed by atoms with Crippen LogP contribution in [-0.4, -0.2) is 47.6 Å². The van der Waals surface area contributed by atoms with E-state index in [1.807, 2.05) is 24.4 Å². The number of aryl methyl sites for hydroxylation is 1. The molecule has 0 unspecified atom stereocenters. The van der Waals surface area contributed by atoms with Crippen LogP contribution in [-0.2, 0) is 16.0 Å². The summed E-state index contributed by atoms with van der Waals surface area (Å²) in [6.45, 7) is 5.06. The summed E-state index contributed by atoms with van der Waals surface area (Å²) in [4.78, 5) is 34.8. The van der Waals surface area contributed by atoms with Crippen molar-refractivity contribution in [2.75, 3.05) is 24.6 Å². The van der Waals surface area contributed by atoms with Crippen LogP contribution >= 0.6 is 11.3 Å². The number of aromatic amines is 1. The first-order valence-corrected chi connectivity index (χ1v) is 11.0. The van der Waals surface area contributed by atoms with Crippen molar-refractivity contribution in [2.24, 2.45) is 0 Å². The summed E-state index contributed by atoms with van der Waals surface area (Å²) in [6, 6.07) is 8.12.